The second-order valence-corrected chi connectivity index (χ2v) is 5.22. The third-order valence-electron chi connectivity index (χ3n) is 2.85. The molecule has 2 aromatic rings. The Labute approximate surface area is 126 Å². The van der Waals surface area contributed by atoms with Crippen LogP contribution in [0.1, 0.15) is 35.8 Å². The van der Waals surface area contributed by atoms with Crippen LogP contribution in [0.5, 0.6) is 0 Å². The number of halogens is 3. The second kappa shape index (κ2) is 6.18. The van der Waals surface area contributed by atoms with Gasteiger partial charge in [-0.25, -0.2) is 13.8 Å². The second-order valence-electron chi connectivity index (χ2n) is 4.84. The molecule has 0 bridgehead atoms. The predicted octanol–water partition coefficient (Wildman–Crippen LogP) is 4.39. The van der Waals surface area contributed by atoms with Gasteiger partial charge in [0.1, 0.15) is 16.8 Å². The Morgan fingerprint density at radius 1 is 1.24 bits per heavy atom. The zero-order valence-corrected chi connectivity index (χ0v) is 12.2. The average molecular weight is 311 g/mol. The fourth-order valence-electron chi connectivity index (χ4n) is 1.73. The van der Waals surface area contributed by atoms with Gasteiger partial charge < -0.3 is 5.32 Å². The minimum Gasteiger partial charge on any atom is -0.319 e. The number of hydrogen-bond donors (Lipinski definition) is 1. The number of carbonyl (C=O) groups is 1. The first kappa shape index (κ1) is 15.4. The van der Waals surface area contributed by atoms with Gasteiger partial charge in [0, 0.05) is 17.3 Å². The molecule has 0 unspecified atom stereocenters. The number of carbonyl (C=O) groups excluding carboxylic acids is 1. The number of pyridine rings is 1. The van der Waals surface area contributed by atoms with Gasteiger partial charge in [-0.05, 0) is 30.2 Å². The van der Waals surface area contributed by atoms with Crippen molar-refractivity contribution in [1.29, 1.82) is 0 Å². The van der Waals surface area contributed by atoms with Crippen LogP contribution in [0, 0.1) is 11.6 Å². The van der Waals surface area contributed by atoms with E-state index in [9.17, 15) is 13.6 Å². The lowest BCUT2D eigenvalue weighted by atomic mass is 10.1. The van der Waals surface area contributed by atoms with Crippen LogP contribution in [0.4, 0.5) is 14.5 Å². The summed E-state index contributed by atoms with van der Waals surface area (Å²) in [5.41, 5.74) is 0.829. The zero-order chi connectivity index (χ0) is 15.6. The molecule has 0 radical (unpaired) electrons. The Morgan fingerprint density at radius 3 is 2.57 bits per heavy atom. The Kier molecular flexibility index (Phi) is 4.53. The number of anilines is 1. The van der Waals surface area contributed by atoms with Crippen molar-refractivity contribution < 1.29 is 13.6 Å². The molecule has 0 saturated carbocycles. The molecular formula is C15H13ClF2N2O. The van der Waals surface area contributed by atoms with Gasteiger partial charge in [-0.3, -0.25) is 4.79 Å². The quantitative estimate of drug-likeness (QED) is 0.854. The lowest BCUT2D eigenvalue weighted by Gasteiger charge is -2.10. The van der Waals surface area contributed by atoms with E-state index in [-0.39, 0.29) is 22.3 Å². The Bertz CT molecular complexity index is 689. The molecule has 0 fully saturated rings. The van der Waals surface area contributed by atoms with E-state index in [0.717, 1.165) is 12.1 Å². The molecule has 0 atom stereocenters. The number of rotatable bonds is 3. The SMILES string of the molecule is CC(C)c1cc(C(=O)Nc2ccc(F)cc2F)cc(Cl)n1. The van der Waals surface area contributed by atoms with E-state index in [0.29, 0.717) is 11.8 Å². The van der Waals surface area contributed by atoms with Gasteiger partial charge in [-0.1, -0.05) is 25.4 Å². The van der Waals surface area contributed by atoms with Crippen molar-refractivity contribution in [2.45, 2.75) is 19.8 Å². The van der Waals surface area contributed by atoms with Crippen molar-refractivity contribution in [3.05, 3.63) is 58.4 Å². The molecule has 1 aromatic heterocycles. The van der Waals surface area contributed by atoms with E-state index in [1.54, 1.807) is 6.07 Å². The van der Waals surface area contributed by atoms with Crippen LogP contribution in [-0.2, 0) is 0 Å². The van der Waals surface area contributed by atoms with Crippen LogP contribution in [0.25, 0.3) is 0 Å². The van der Waals surface area contributed by atoms with E-state index >= 15 is 0 Å². The monoisotopic (exact) mass is 310 g/mol. The first-order valence-electron chi connectivity index (χ1n) is 6.30. The topological polar surface area (TPSA) is 42.0 Å². The lowest BCUT2D eigenvalue weighted by molar-refractivity contribution is 0.102. The Morgan fingerprint density at radius 2 is 1.95 bits per heavy atom. The van der Waals surface area contributed by atoms with Crippen molar-refractivity contribution in [2.24, 2.45) is 0 Å². The number of nitrogens with zero attached hydrogens (tertiary/aromatic N) is 1. The van der Waals surface area contributed by atoms with Crippen LogP contribution in [0.15, 0.2) is 30.3 Å². The summed E-state index contributed by atoms with van der Waals surface area (Å²) in [7, 11) is 0. The van der Waals surface area contributed by atoms with Crippen molar-refractivity contribution in [2.75, 3.05) is 5.32 Å². The highest BCUT2D eigenvalue weighted by Crippen LogP contribution is 2.20. The maximum Gasteiger partial charge on any atom is 0.255 e. The van der Waals surface area contributed by atoms with E-state index in [1.807, 2.05) is 13.8 Å². The molecule has 0 saturated heterocycles. The first-order chi connectivity index (χ1) is 9.86. The van der Waals surface area contributed by atoms with Gasteiger partial charge in [0.05, 0.1) is 5.69 Å². The molecule has 0 aliphatic heterocycles. The normalized spacial score (nSPS) is 10.8. The largest absolute Gasteiger partial charge is 0.319 e. The van der Waals surface area contributed by atoms with E-state index in [4.69, 9.17) is 11.6 Å². The summed E-state index contributed by atoms with van der Waals surface area (Å²) in [6, 6.07) is 5.92. The predicted molar refractivity (Wildman–Crippen MR) is 77.6 cm³/mol. The third-order valence-corrected chi connectivity index (χ3v) is 3.04. The molecule has 6 heteroatoms. The van der Waals surface area contributed by atoms with E-state index in [2.05, 4.69) is 10.3 Å². The molecule has 0 spiro atoms. The summed E-state index contributed by atoms with van der Waals surface area (Å²) >= 11 is 5.88. The van der Waals surface area contributed by atoms with Crippen LogP contribution in [0.3, 0.4) is 0 Å². The highest BCUT2D eigenvalue weighted by molar-refractivity contribution is 6.29. The Balaban J connectivity index is 2.28. The van der Waals surface area contributed by atoms with Crippen molar-refractivity contribution in [1.82, 2.24) is 4.98 Å². The summed E-state index contributed by atoms with van der Waals surface area (Å²) in [6.45, 7) is 3.83. The maximum absolute atomic E-state index is 13.5. The van der Waals surface area contributed by atoms with Crippen molar-refractivity contribution in [3.63, 3.8) is 0 Å². The number of benzene rings is 1. The fraction of sp³-hybridized carbons (Fsp3) is 0.200. The smallest absolute Gasteiger partial charge is 0.255 e. The summed E-state index contributed by atoms with van der Waals surface area (Å²) in [5.74, 6) is -1.99. The van der Waals surface area contributed by atoms with Gasteiger partial charge in [0.2, 0.25) is 0 Å². The number of hydrogen-bond acceptors (Lipinski definition) is 2. The number of amides is 1. The molecular weight excluding hydrogens is 298 g/mol. The van der Waals surface area contributed by atoms with Gasteiger partial charge in [0.25, 0.3) is 5.91 Å². The molecule has 0 aliphatic rings. The molecule has 3 nitrogen and oxygen atoms in total. The standard InChI is InChI=1S/C15H13ClF2N2O/c1-8(2)13-5-9(6-14(16)19-13)15(21)20-12-4-3-10(17)7-11(12)18/h3-8H,1-2H3,(H,20,21). The Hall–Kier alpha value is -2.01. The molecule has 0 aliphatic carbocycles. The third kappa shape index (κ3) is 3.76. The van der Waals surface area contributed by atoms with Gasteiger partial charge in [-0.15, -0.1) is 0 Å². The molecule has 1 aromatic carbocycles. The summed E-state index contributed by atoms with van der Waals surface area (Å²) < 4.78 is 26.3. The van der Waals surface area contributed by atoms with Crippen LogP contribution < -0.4 is 5.32 Å². The number of nitrogens with one attached hydrogen (secondary N) is 1. The van der Waals surface area contributed by atoms with Crippen molar-refractivity contribution in [3.8, 4) is 0 Å². The highest BCUT2D eigenvalue weighted by atomic mass is 35.5. The minimum atomic E-state index is -0.840. The van der Waals surface area contributed by atoms with Gasteiger partial charge >= 0.3 is 0 Å². The van der Waals surface area contributed by atoms with Gasteiger partial charge in [0.15, 0.2) is 0 Å². The maximum atomic E-state index is 13.5. The fourth-order valence-corrected chi connectivity index (χ4v) is 1.94. The molecule has 110 valence electrons. The summed E-state index contributed by atoms with van der Waals surface area (Å²) in [5, 5.41) is 2.57. The number of aromatic nitrogens is 1. The molecule has 1 amide bonds. The minimum absolute atomic E-state index is 0.0952. The van der Waals surface area contributed by atoms with Crippen molar-refractivity contribution >= 4 is 23.2 Å². The van der Waals surface area contributed by atoms with E-state index in [1.165, 1.54) is 6.07 Å². The first-order valence-corrected chi connectivity index (χ1v) is 6.68. The molecule has 1 heterocycles. The summed E-state index contributed by atoms with van der Waals surface area (Å²) in [6.07, 6.45) is 0. The lowest BCUT2D eigenvalue weighted by Crippen LogP contribution is -2.14. The van der Waals surface area contributed by atoms with Crippen LogP contribution in [0.2, 0.25) is 5.15 Å². The summed E-state index contributed by atoms with van der Waals surface area (Å²) in [4.78, 5) is 16.2. The average Bonchev–Trinajstić information content (AvgIpc) is 2.41. The highest BCUT2D eigenvalue weighted by Gasteiger charge is 2.13. The van der Waals surface area contributed by atoms with E-state index < -0.39 is 17.5 Å². The molecule has 1 N–H and O–H groups in total. The van der Waals surface area contributed by atoms with Crippen LogP contribution >= 0.6 is 11.6 Å². The molecule has 2 rings (SSSR count). The molecule has 21 heavy (non-hydrogen) atoms. The van der Waals surface area contributed by atoms with Crippen LogP contribution in [-0.4, -0.2) is 10.9 Å². The zero-order valence-electron chi connectivity index (χ0n) is 11.5. The van der Waals surface area contributed by atoms with Gasteiger partial charge in [-0.2, -0.15) is 0 Å².